The SMILES string of the molecule is Nc1c2c(nn1C(=O)[C@H]1CCNc3c(Cl)cccc31)CC[C@@H](O)C2. The fourth-order valence-corrected chi connectivity index (χ4v) is 3.91. The Kier molecular flexibility index (Phi) is 3.73. The molecule has 0 bridgehead atoms. The average Bonchev–Trinajstić information content (AvgIpc) is 2.91. The molecule has 0 amide bonds. The first kappa shape index (κ1) is 15.5. The van der Waals surface area contributed by atoms with Crippen LogP contribution in [-0.2, 0) is 12.8 Å². The Bertz CT molecular complexity index is 817. The Morgan fingerprint density at radius 2 is 2.25 bits per heavy atom. The van der Waals surface area contributed by atoms with E-state index >= 15 is 0 Å². The van der Waals surface area contributed by atoms with Crippen LogP contribution in [0.4, 0.5) is 11.5 Å². The zero-order chi connectivity index (χ0) is 16.8. The van der Waals surface area contributed by atoms with Crippen molar-refractivity contribution in [2.75, 3.05) is 17.6 Å². The summed E-state index contributed by atoms with van der Waals surface area (Å²) in [6, 6.07) is 5.57. The van der Waals surface area contributed by atoms with Gasteiger partial charge in [0.25, 0.3) is 5.91 Å². The van der Waals surface area contributed by atoms with Gasteiger partial charge in [0, 0.05) is 18.5 Å². The van der Waals surface area contributed by atoms with Crippen LogP contribution in [-0.4, -0.2) is 33.4 Å². The van der Waals surface area contributed by atoms with Gasteiger partial charge >= 0.3 is 0 Å². The first-order chi connectivity index (χ1) is 11.6. The van der Waals surface area contributed by atoms with Crippen molar-refractivity contribution in [1.29, 1.82) is 0 Å². The molecule has 0 radical (unpaired) electrons. The Labute approximate surface area is 144 Å². The number of aliphatic hydroxyl groups is 1. The number of rotatable bonds is 1. The first-order valence-corrected chi connectivity index (χ1v) is 8.55. The Hall–Kier alpha value is -2.05. The van der Waals surface area contributed by atoms with Gasteiger partial charge in [-0.2, -0.15) is 9.78 Å². The van der Waals surface area contributed by atoms with Crippen LogP contribution in [0.15, 0.2) is 18.2 Å². The Balaban J connectivity index is 1.73. The third-order valence-corrected chi connectivity index (χ3v) is 5.24. The molecule has 4 rings (SSSR count). The van der Waals surface area contributed by atoms with Crippen molar-refractivity contribution in [2.45, 2.75) is 37.7 Å². The van der Waals surface area contributed by atoms with Gasteiger partial charge in [-0.25, -0.2) is 0 Å². The van der Waals surface area contributed by atoms with Crippen LogP contribution in [0, 0.1) is 0 Å². The van der Waals surface area contributed by atoms with Gasteiger partial charge in [-0.3, -0.25) is 4.79 Å². The number of halogens is 1. The van der Waals surface area contributed by atoms with Crippen molar-refractivity contribution in [1.82, 2.24) is 9.78 Å². The second-order valence-corrected chi connectivity index (χ2v) is 6.84. The fourth-order valence-electron chi connectivity index (χ4n) is 3.66. The number of hydrogen-bond acceptors (Lipinski definition) is 5. The number of aryl methyl sites for hydroxylation is 1. The Morgan fingerprint density at radius 3 is 3.08 bits per heavy atom. The molecule has 1 aromatic heterocycles. The molecule has 24 heavy (non-hydrogen) atoms. The largest absolute Gasteiger partial charge is 0.393 e. The van der Waals surface area contributed by atoms with Gasteiger partial charge < -0.3 is 16.2 Å². The van der Waals surface area contributed by atoms with E-state index in [-0.39, 0.29) is 11.8 Å². The molecule has 2 aliphatic rings. The van der Waals surface area contributed by atoms with Crippen molar-refractivity contribution in [3.63, 3.8) is 0 Å². The summed E-state index contributed by atoms with van der Waals surface area (Å²) in [6.07, 6.45) is 2.02. The molecule has 0 spiro atoms. The van der Waals surface area contributed by atoms with Crippen molar-refractivity contribution in [3.8, 4) is 0 Å². The number of carbonyl (C=O) groups is 1. The maximum atomic E-state index is 13.1. The Morgan fingerprint density at radius 1 is 1.42 bits per heavy atom. The summed E-state index contributed by atoms with van der Waals surface area (Å²) in [4.78, 5) is 13.1. The normalized spacial score (nSPS) is 22.4. The van der Waals surface area contributed by atoms with Crippen LogP contribution >= 0.6 is 11.6 Å². The first-order valence-electron chi connectivity index (χ1n) is 8.17. The quantitative estimate of drug-likeness (QED) is 0.736. The number of fused-ring (bicyclic) bond motifs is 2. The molecule has 0 saturated carbocycles. The number of nitrogens with two attached hydrogens (primary N) is 1. The second kappa shape index (κ2) is 5.79. The summed E-state index contributed by atoms with van der Waals surface area (Å²) in [6.45, 7) is 0.673. The van der Waals surface area contributed by atoms with E-state index in [4.69, 9.17) is 17.3 Å². The number of nitrogens with one attached hydrogen (secondary N) is 1. The van der Waals surface area contributed by atoms with Crippen LogP contribution in [0.3, 0.4) is 0 Å². The number of aliphatic hydroxyl groups excluding tert-OH is 1. The van der Waals surface area contributed by atoms with E-state index in [1.165, 1.54) is 4.68 Å². The molecule has 1 aromatic carbocycles. The van der Waals surface area contributed by atoms with E-state index in [2.05, 4.69) is 10.4 Å². The van der Waals surface area contributed by atoms with Gasteiger partial charge in [-0.1, -0.05) is 23.7 Å². The van der Waals surface area contributed by atoms with Gasteiger partial charge in [0.15, 0.2) is 0 Å². The molecule has 1 aliphatic heterocycles. The summed E-state index contributed by atoms with van der Waals surface area (Å²) in [5, 5.41) is 18.1. The summed E-state index contributed by atoms with van der Waals surface area (Å²) in [5.74, 6) is -0.106. The third-order valence-electron chi connectivity index (χ3n) is 4.92. The molecule has 2 atom stereocenters. The van der Waals surface area contributed by atoms with Crippen LogP contribution in [0.25, 0.3) is 0 Å². The lowest BCUT2D eigenvalue weighted by molar-refractivity contribution is 0.0859. The molecule has 2 aromatic rings. The van der Waals surface area contributed by atoms with Crippen molar-refractivity contribution < 1.29 is 9.90 Å². The average molecular weight is 347 g/mol. The van der Waals surface area contributed by atoms with Crippen LogP contribution < -0.4 is 11.1 Å². The number of benzene rings is 1. The fraction of sp³-hybridized carbons (Fsp3) is 0.412. The summed E-state index contributed by atoms with van der Waals surface area (Å²) >= 11 is 6.24. The minimum atomic E-state index is -0.411. The number of hydrogen-bond donors (Lipinski definition) is 3. The number of carbonyl (C=O) groups excluding carboxylic acids is 1. The zero-order valence-corrected chi connectivity index (χ0v) is 13.9. The molecule has 0 fully saturated rings. The molecule has 1 aliphatic carbocycles. The van der Waals surface area contributed by atoms with Crippen molar-refractivity contribution in [2.24, 2.45) is 0 Å². The monoisotopic (exact) mass is 346 g/mol. The maximum Gasteiger partial charge on any atom is 0.256 e. The minimum absolute atomic E-state index is 0.138. The predicted octanol–water partition coefficient (Wildman–Crippen LogP) is 2.21. The molecule has 126 valence electrons. The molecule has 0 saturated heterocycles. The summed E-state index contributed by atoms with van der Waals surface area (Å²) in [7, 11) is 0. The van der Waals surface area contributed by atoms with Crippen molar-refractivity contribution >= 4 is 29.0 Å². The minimum Gasteiger partial charge on any atom is -0.393 e. The maximum absolute atomic E-state index is 13.1. The van der Waals surface area contributed by atoms with E-state index in [1.807, 2.05) is 18.2 Å². The number of nitrogen functional groups attached to an aromatic ring is 1. The highest BCUT2D eigenvalue weighted by Gasteiger charge is 2.32. The lowest BCUT2D eigenvalue weighted by Crippen LogP contribution is -2.28. The standard InChI is InChI=1S/C17H19ClN4O2/c18-13-3-1-2-10-11(6-7-20-15(10)13)17(24)22-16(19)12-8-9(23)4-5-14(12)21-22/h1-3,9,11,20,23H,4-8,19H2/t9-,11+/m1/s1. The van der Waals surface area contributed by atoms with Gasteiger partial charge in [0.1, 0.15) is 5.82 Å². The number of nitrogens with zero attached hydrogens (tertiary/aromatic N) is 2. The lowest BCUT2D eigenvalue weighted by atomic mass is 9.90. The molecule has 4 N–H and O–H groups in total. The van der Waals surface area contributed by atoms with Crippen LogP contribution in [0.2, 0.25) is 5.02 Å². The van der Waals surface area contributed by atoms with Gasteiger partial charge in [-0.15, -0.1) is 0 Å². The van der Waals surface area contributed by atoms with Gasteiger partial charge in [-0.05, 0) is 30.9 Å². The summed E-state index contributed by atoms with van der Waals surface area (Å²) < 4.78 is 1.32. The molecule has 7 heteroatoms. The highest BCUT2D eigenvalue weighted by Crippen LogP contribution is 2.38. The number of para-hydroxylation sites is 1. The second-order valence-electron chi connectivity index (χ2n) is 6.43. The summed E-state index contributed by atoms with van der Waals surface area (Å²) in [5.41, 5.74) is 9.50. The lowest BCUT2D eigenvalue weighted by Gasteiger charge is -2.26. The van der Waals surface area contributed by atoms with Gasteiger partial charge in [0.05, 0.1) is 28.4 Å². The van der Waals surface area contributed by atoms with Crippen molar-refractivity contribution in [3.05, 3.63) is 40.0 Å². The van der Waals surface area contributed by atoms with E-state index < -0.39 is 6.10 Å². The molecule has 2 heterocycles. The number of aromatic nitrogens is 2. The molecule has 6 nitrogen and oxygen atoms in total. The smallest absolute Gasteiger partial charge is 0.256 e. The molecular formula is C17H19ClN4O2. The molecular weight excluding hydrogens is 328 g/mol. The van der Waals surface area contributed by atoms with Crippen LogP contribution in [0.5, 0.6) is 0 Å². The topological polar surface area (TPSA) is 93.2 Å². The van der Waals surface area contributed by atoms with E-state index in [0.717, 1.165) is 22.5 Å². The number of anilines is 2. The van der Waals surface area contributed by atoms with E-state index in [0.29, 0.717) is 43.1 Å². The van der Waals surface area contributed by atoms with Gasteiger partial charge in [0.2, 0.25) is 0 Å². The third kappa shape index (κ3) is 2.37. The molecule has 0 unspecified atom stereocenters. The highest BCUT2D eigenvalue weighted by molar-refractivity contribution is 6.33. The van der Waals surface area contributed by atoms with Crippen LogP contribution in [0.1, 0.15) is 40.4 Å². The van der Waals surface area contributed by atoms with E-state index in [9.17, 15) is 9.90 Å². The zero-order valence-electron chi connectivity index (χ0n) is 13.1. The van der Waals surface area contributed by atoms with E-state index in [1.54, 1.807) is 0 Å². The predicted molar refractivity (Wildman–Crippen MR) is 92.6 cm³/mol. The highest BCUT2D eigenvalue weighted by atomic mass is 35.5.